The standard InChI is InChI=1S/C18H10ClIN2O4/c19-14-9-8-12(20)10-13(14)17-21-15(18(23)26-17)6-3-5-11-4-1-2-7-16(11)22(24)25/h1-10H/b5-3+,15-6-. The summed E-state index contributed by atoms with van der Waals surface area (Å²) >= 11 is 8.25. The summed E-state index contributed by atoms with van der Waals surface area (Å²) in [7, 11) is 0. The first-order valence-electron chi connectivity index (χ1n) is 7.34. The van der Waals surface area contributed by atoms with E-state index in [0.29, 0.717) is 16.1 Å². The van der Waals surface area contributed by atoms with Crippen molar-refractivity contribution in [2.75, 3.05) is 0 Å². The van der Waals surface area contributed by atoms with Gasteiger partial charge in [0.2, 0.25) is 5.90 Å². The molecule has 1 heterocycles. The van der Waals surface area contributed by atoms with Crippen LogP contribution in [0.4, 0.5) is 5.69 Å². The van der Waals surface area contributed by atoms with Crippen LogP contribution >= 0.6 is 34.2 Å². The Labute approximate surface area is 167 Å². The smallest absolute Gasteiger partial charge is 0.363 e. The Bertz CT molecular complexity index is 998. The van der Waals surface area contributed by atoms with Crippen LogP contribution in [-0.2, 0) is 9.53 Å². The first-order chi connectivity index (χ1) is 12.5. The number of esters is 1. The second-order valence-electron chi connectivity index (χ2n) is 5.16. The number of carbonyl (C=O) groups is 1. The van der Waals surface area contributed by atoms with Crippen molar-refractivity contribution in [2.45, 2.75) is 0 Å². The van der Waals surface area contributed by atoms with Gasteiger partial charge >= 0.3 is 5.97 Å². The number of nitro groups is 1. The molecule has 0 bridgehead atoms. The normalized spacial score (nSPS) is 15.4. The predicted molar refractivity (Wildman–Crippen MR) is 107 cm³/mol. The predicted octanol–water partition coefficient (Wildman–Crippen LogP) is 4.75. The van der Waals surface area contributed by atoms with E-state index in [4.69, 9.17) is 16.3 Å². The Kier molecular flexibility index (Phi) is 5.48. The molecule has 1 aliphatic heterocycles. The highest BCUT2D eigenvalue weighted by atomic mass is 127. The number of aliphatic imine (C=N–C) groups is 1. The Balaban J connectivity index is 1.88. The van der Waals surface area contributed by atoms with Crippen molar-refractivity contribution in [3.05, 3.63) is 90.1 Å². The van der Waals surface area contributed by atoms with Gasteiger partial charge in [-0.15, -0.1) is 0 Å². The van der Waals surface area contributed by atoms with E-state index in [9.17, 15) is 14.9 Å². The average Bonchev–Trinajstić information content (AvgIpc) is 2.98. The molecule has 2 aromatic carbocycles. The molecule has 0 aliphatic carbocycles. The lowest BCUT2D eigenvalue weighted by Crippen LogP contribution is -2.06. The van der Waals surface area contributed by atoms with Gasteiger partial charge in [-0.3, -0.25) is 10.1 Å². The van der Waals surface area contributed by atoms with E-state index >= 15 is 0 Å². The number of hydrogen-bond donors (Lipinski definition) is 0. The second kappa shape index (κ2) is 7.79. The minimum Gasteiger partial charge on any atom is -0.402 e. The molecule has 1 aliphatic rings. The molecule has 0 atom stereocenters. The molecule has 3 rings (SSSR count). The van der Waals surface area contributed by atoms with Gasteiger partial charge in [-0.2, -0.15) is 0 Å². The fourth-order valence-electron chi connectivity index (χ4n) is 2.24. The Morgan fingerprint density at radius 2 is 2.00 bits per heavy atom. The number of benzene rings is 2. The summed E-state index contributed by atoms with van der Waals surface area (Å²) in [5, 5.41) is 11.4. The van der Waals surface area contributed by atoms with Crippen LogP contribution in [0.5, 0.6) is 0 Å². The molecule has 0 saturated heterocycles. The van der Waals surface area contributed by atoms with Crippen LogP contribution in [0, 0.1) is 13.7 Å². The van der Waals surface area contributed by atoms with E-state index < -0.39 is 10.9 Å². The van der Waals surface area contributed by atoms with Crippen molar-refractivity contribution >= 4 is 57.8 Å². The van der Waals surface area contributed by atoms with Gasteiger partial charge in [-0.1, -0.05) is 29.8 Å². The zero-order valence-electron chi connectivity index (χ0n) is 13.1. The van der Waals surface area contributed by atoms with Crippen LogP contribution in [0.1, 0.15) is 11.1 Å². The SMILES string of the molecule is O=C1OC(c2cc(I)ccc2Cl)=N/C1=C\C=C\c1ccccc1[N+](=O)[O-]. The molecule has 2 aromatic rings. The number of nitrogens with zero attached hydrogens (tertiary/aromatic N) is 2. The maximum Gasteiger partial charge on any atom is 0.363 e. The third-order valence-electron chi connectivity index (χ3n) is 3.44. The van der Waals surface area contributed by atoms with Gasteiger partial charge in [0.05, 0.1) is 21.1 Å². The zero-order chi connectivity index (χ0) is 18.7. The van der Waals surface area contributed by atoms with Crippen LogP contribution < -0.4 is 0 Å². The summed E-state index contributed by atoms with van der Waals surface area (Å²) in [6.45, 7) is 0. The van der Waals surface area contributed by atoms with Crippen LogP contribution in [0.3, 0.4) is 0 Å². The third-order valence-corrected chi connectivity index (χ3v) is 4.44. The average molecular weight is 481 g/mol. The van der Waals surface area contributed by atoms with Crippen molar-refractivity contribution in [3.8, 4) is 0 Å². The van der Waals surface area contributed by atoms with E-state index in [1.165, 1.54) is 24.3 Å². The number of cyclic esters (lactones) is 1. The van der Waals surface area contributed by atoms with Crippen molar-refractivity contribution in [1.82, 2.24) is 0 Å². The number of hydrogen-bond acceptors (Lipinski definition) is 5. The summed E-state index contributed by atoms with van der Waals surface area (Å²) in [6.07, 6.45) is 4.49. The van der Waals surface area contributed by atoms with Crippen LogP contribution in [0.2, 0.25) is 5.02 Å². The number of carbonyl (C=O) groups excluding carboxylic acids is 1. The highest BCUT2D eigenvalue weighted by Crippen LogP contribution is 2.25. The minimum atomic E-state index is -0.609. The molecule has 0 aromatic heterocycles. The van der Waals surface area contributed by atoms with Crippen molar-refractivity contribution in [2.24, 2.45) is 4.99 Å². The summed E-state index contributed by atoms with van der Waals surface area (Å²) in [6, 6.07) is 11.6. The maximum absolute atomic E-state index is 12.0. The van der Waals surface area contributed by atoms with E-state index in [1.807, 2.05) is 6.07 Å². The molecular weight excluding hydrogens is 471 g/mol. The van der Waals surface area contributed by atoms with Crippen molar-refractivity contribution in [1.29, 1.82) is 0 Å². The Morgan fingerprint density at radius 3 is 2.77 bits per heavy atom. The molecule has 0 fully saturated rings. The Hall–Kier alpha value is -2.52. The molecule has 0 amide bonds. The van der Waals surface area contributed by atoms with Crippen LogP contribution in [0.15, 0.2) is 65.3 Å². The van der Waals surface area contributed by atoms with Gasteiger partial charge in [-0.25, -0.2) is 9.79 Å². The summed E-state index contributed by atoms with van der Waals surface area (Å²) in [5.41, 5.74) is 1.01. The molecule has 130 valence electrons. The van der Waals surface area contributed by atoms with E-state index in [2.05, 4.69) is 27.6 Å². The first-order valence-corrected chi connectivity index (χ1v) is 8.79. The number of ether oxygens (including phenoxy) is 1. The molecule has 0 N–H and O–H groups in total. The molecular formula is C18H10ClIN2O4. The number of allylic oxidation sites excluding steroid dienone is 2. The summed E-state index contributed by atoms with van der Waals surface area (Å²) in [4.78, 5) is 26.7. The van der Waals surface area contributed by atoms with E-state index in [1.54, 1.807) is 30.3 Å². The number of rotatable bonds is 4. The monoisotopic (exact) mass is 480 g/mol. The number of nitro benzene ring substituents is 1. The van der Waals surface area contributed by atoms with Gasteiger partial charge in [0.25, 0.3) is 5.69 Å². The Morgan fingerprint density at radius 1 is 1.23 bits per heavy atom. The van der Waals surface area contributed by atoms with Gasteiger partial charge in [0.1, 0.15) is 0 Å². The molecule has 26 heavy (non-hydrogen) atoms. The maximum atomic E-state index is 12.0. The topological polar surface area (TPSA) is 81.8 Å². The highest BCUT2D eigenvalue weighted by molar-refractivity contribution is 14.1. The quantitative estimate of drug-likeness (QED) is 0.208. The summed E-state index contributed by atoms with van der Waals surface area (Å²) in [5.74, 6) is -0.481. The molecule has 0 radical (unpaired) electrons. The van der Waals surface area contributed by atoms with Crippen molar-refractivity contribution in [3.63, 3.8) is 0 Å². The first kappa shape index (κ1) is 18.3. The highest BCUT2D eigenvalue weighted by Gasteiger charge is 2.25. The lowest BCUT2D eigenvalue weighted by molar-refractivity contribution is -0.385. The lowest BCUT2D eigenvalue weighted by atomic mass is 10.1. The second-order valence-corrected chi connectivity index (χ2v) is 6.81. The molecule has 0 spiro atoms. The van der Waals surface area contributed by atoms with Gasteiger partial charge in [0, 0.05) is 9.64 Å². The van der Waals surface area contributed by atoms with Gasteiger partial charge < -0.3 is 4.74 Å². The molecule has 8 heteroatoms. The molecule has 0 saturated carbocycles. The molecule has 0 unspecified atom stereocenters. The van der Waals surface area contributed by atoms with E-state index in [-0.39, 0.29) is 17.3 Å². The van der Waals surface area contributed by atoms with E-state index in [0.717, 1.165) is 3.57 Å². The third kappa shape index (κ3) is 4.00. The largest absolute Gasteiger partial charge is 0.402 e. The number of halogens is 2. The van der Waals surface area contributed by atoms with Gasteiger partial charge in [0.15, 0.2) is 5.70 Å². The lowest BCUT2D eigenvalue weighted by Gasteiger charge is -2.02. The van der Waals surface area contributed by atoms with Crippen molar-refractivity contribution < 1.29 is 14.5 Å². The fourth-order valence-corrected chi connectivity index (χ4v) is 2.93. The molecule has 6 nitrogen and oxygen atoms in total. The minimum absolute atomic E-state index is 0.0222. The van der Waals surface area contributed by atoms with Gasteiger partial charge in [-0.05, 0) is 59.0 Å². The van der Waals surface area contributed by atoms with Crippen LogP contribution in [0.25, 0.3) is 6.08 Å². The van der Waals surface area contributed by atoms with Crippen LogP contribution in [-0.4, -0.2) is 16.8 Å². The summed E-state index contributed by atoms with van der Waals surface area (Å²) < 4.78 is 6.10. The zero-order valence-corrected chi connectivity index (χ0v) is 16.0. The fraction of sp³-hybridized carbons (Fsp3) is 0. The number of para-hydroxylation sites is 1.